The molecule has 7 saturated heterocycles. The number of hydrogen-bond acceptors (Lipinski definition) is 24. The van der Waals surface area contributed by atoms with Gasteiger partial charge in [-0.25, -0.2) is 68.3 Å². The minimum Gasteiger partial charge on any atom is -0.392 e. The lowest BCUT2D eigenvalue weighted by atomic mass is 10.1. The summed E-state index contributed by atoms with van der Waals surface area (Å²) in [6, 6.07) is 20.1. The number of thiazole rings is 3. The van der Waals surface area contributed by atoms with E-state index in [-0.39, 0.29) is 67.8 Å². The molecule has 0 aliphatic carbocycles. The van der Waals surface area contributed by atoms with Crippen LogP contribution in [-0.2, 0) is 49.7 Å². The SMILES string of the molecule is C.C[C@H](c1ccc(F)cc1)n1cncc1CN1CCN(S(=O)(=O)c2cnc(Br)s2)CC1.C[C@H](c1ccc(F)cc1)n1cncc1CN1CCN(S(=O)(=O)c2cnc(N3CCN4C[C@H](O)C[C@H]4C3)s2)CC1.C[C@H](c1ccc(F)cc1)n1cncc1CN1CCN(S(=O)(=O)c2cnc(N3CCN4C[C@H](O)C[C@H]4C3)s2)CC1. The summed E-state index contributed by atoms with van der Waals surface area (Å²) < 4.78 is 131. The maximum absolute atomic E-state index is 13.4. The number of piperazine rings is 5. The van der Waals surface area contributed by atoms with Crippen LogP contribution >= 0.6 is 49.9 Å². The molecule has 0 unspecified atom stereocenters. The van der Waals surface area contributed by atoms with Crippen molar-refractivity contribution in [1.82, 2.24) is 81.0 Å². The number of hydrogen-bond donors (Lipinski definition) is 2. The molecule has 0 saturated carbocycles. The molecule has 7 fully saturated rings. The number of halogens is 4. The molecule has 6 aromatic heterocycles. The van der Waals surface area contributed by atoms with E-state index in [9.17, 15) is 48.6 Å². The van der Waals surface area contributed by atoms with Gasteiger partial charge in [-0.2, -0.15) is 12.9 Å². The average molecular weight is 1680 g/mol. The molecular formula is C72H93BrF3N19O8S6. The van der Waals surface area contributed by atoms with Gasteiger partial charge < -0.3 is 33.7 Å². The molecule has 37 heteroatoms. The Hall–Kier alpha value is -6.50. The number of aliphatic hydroxyl groups excluding tert-OH is 2. The lowest BCUT2D eigenvalue weighted by Gasteiger charge is -2.37. The molecule has 27 nitrogen and oxygen atoms in total. The van der Waals surface area contributed by atoms with E-state index in [1.165, 1.54) is 82.0 Å². The Bertz CT molecular complexity index is 4630. The van der Waals surface area contributed by atoms with Crippen LogP contribution in [0, 0.1) is 17.5 Å². The number of sulfonamides is 3. The largest absolute Gasteiger partial charge is 0.392 e. The topological polar surface area (TPSA) is 267 Å². The van der Waals surface area contributed by atoms with Crippen LogP contribution in [0.2, 0.25) is 0 Å². The second-order valence-corrected chi connectivity index (χ2v) is 39.2. The van der Waals surface area contributed by atoms with Crippen molar-refractivity contribution in [2.24, 2.45) is 0 Å². The fourth-order valence-corrected chi connectivity index (χ4v) is 24.2. The van der Waals surface area contributed by atoms with Gasteiger partial charge in [-0.05, 0) is 103 Å². The zero-order valence-electron chi connectivity index (χ0n) is 60.1. The van der Waals surface area contributed by atoms with Gasteiger partial charge in [0, 0.05) is 181 Å². The molecular weight excluding hydrogens is 1590 g/mol. The molecule has 2 N–H and O–H groups in total. The third kappa shape index (κ3) is 18.6. The minimum atomic E-state index is -3.62. The summed E-state index contributed by atoms with van der Waals surface area (Å²) in [5.41, 5.74) is 6.10. The summed E-state index contributed by atoms with van der Waals surface area (Å²) in [6.45, 7) is 20.6. The molecule has 109 heavy (non-hydrogen) atoms. The van der Waals surface area contributed by atoms with Gasteiger partial charge in [-0.3, -0.25) is 24.5 Å². The average Bonchev–Trinajstić information content (AvgIpc) is 1.66. The smallest absolute Gasteiger partial charge is 0.254 e. The maximum atomic E-state index is 13.4. The Morgan fingerprint density at radius 3 is 1.03 bits per heavy atom. The summed E-state index contributed by atoms with van der Waals surface area (Å²) >= 11 is 6.82. The van der Waals surface area contributed by atoms with Gasteiger partial charge in [0.05, 0.1) is 85.0 Å². The van der Waals surface area contributed by atoms with Crippen LogP contribution in [0.1, 0.15) is 92.9 Å². The third-order valence-electron chi connectivity index (χ3n) is 21.6. The second-order valence-electron chi connectivity index (χ2n) is 28.4. The van der Waals surface area contributed by atoms with E-state index in [1.807, 2.05) is 18.6 Å². The number of rotatable bonds is 20. The first-order valence-electron chi connectivity index (χ1n) is 36.2. The predicted molar refractivity (Wildman–Crippen MR) is 417 cm³/mol. The Morgan fingerprint density at radius 2 is 0.725 bits per heavy atom. The van der Waals surface area contributed by atoms with Gasteiger partial charge in [0.25, 0.3) is 30.1 Å². The van der Waals surface area contributed by atoms with Crippen LogP contribution in [0.15, 0.2) is 146 Å². The van der Waals surface area contributed by atoms with E-state index in [4.69, 9.17) is 0 Å². The van der Waals surface area contributed by atoms with E-state index < -0.39 is 30.1 Å². The number of anilines is 2. The zero-order valence-corrected chi connectivity index (χ0v) is 66.6. The van der Waals surface area contributed by atoms with Gasteiger partial charge in [0.1, 0.15) is 17.5 Å². The van der Waals surface area contributed by atoms with E-state index >= 15 is 0 Å². The molecule has 16 rings (SSSR count). The number of aliphatic hydroxyl groups is 2. The van der Waals surface area contributed by atoms with Crippen molar-refractivity contribution >= 4 is 90.3 Å². The van der Waals surface area contributed by atoms with Crippen molar-refractivity contribution in [1.29, 1.82) is 0 Å². The maximum Gasteiger partial charge on any atom is 0.254 e. The van der Waals surface area contributed by atoms with Crippen molar-refractivity contribution in [3.63, 3.8) is 0 Å². The van der Waals surface area contributed by atoms with Crippen molar-refractivity contribution < 1.29 is 48.6 Å². The number of fused-ring (bicyclic) bond motifs is 2. The summed E-state index contributed by atoms with van der Waals surface area (Å²) in [5, 5.41) is 21.4. The Morgan fingerprint density at radius 1 is 0.422 bits per heavy atom. The Kier molecular flexibility index (Phi) is 25.8. The summed E-state index contributed by atoms with van der Waals surface area (Å²) in [6.07, 6.45) is 16.2. The minimum absolute atomic E-state index is 0. The fourth-order valence-electron chi connectivity index (χ4n) is 15.3. The zero-order chi connectivity index (χ0) is 75.6. The lowest BCUT2D eigenvalue weighted by molar-refractivity contribution is 0.173. The molecule has 9 aromatic rings. The van der Waals surface area contributed by atoms with Crippen LogP contribution in [0.4, 0.5) is 23.4 Å². The summed E-state index contributed by atoms with van der Waals surface area (Å²) in [5.74, 6) is -0.769. The quantitative estimate of drug-likeness (QED) is 0.0740. The van der Waals surface area contributed by atoms with E-state index in [1.54, 1.807) is 64.0 Å². The van der Waals surface area contributed by atoms with E-state index in [0.717, 1.165) is 121 Å². The highest BCUT2D eigenvalue weighted by atomic mass is 79.9. The van der Waals surface area contributed by atoms with Crippen molar-refractivity contribution in [2.75, 3.05) is 141 Å². The van der Waals surface area contributed by atoms with E-state index in [0.29, 0.717) is 114 Å². The molecule has 0 bridgehead atoms. The number of benzene rings is 3. The third-order valence-corrected chi connectivity index (χ3v) is 32.2. The number of aromatic nitrogens is 9. The first kappa shape index (κ1) is 80.5. The molecule has 0 spiro atoms. The van der Waals surface area contributed by atoms with Crippen LogP contribution in [0.25, 0.3) is 0 Å². The molecule has 13 heterocycles. The monoisotopic (exact) mass is 1680 g/mol. The van der Waals surface area contributed by atoms with Gasteiger partial charge in [0.15, 0.2) is 26.8 Å². The first-order valence-corrected chi connectivity index (χ1v) is 43.8. The number of nitrogens with zero attached hydrogens (tertiary/aromatic N) is 19. The van der Waals surface area contributed by atoms with Crippen molar-refractivity contribution in [3.8, 4) is 0 Å². The highest BCUT2D eigenvalue weighted by Crippen LogP contribution is 2.36. The van der Waals surface area contributed by atoms with Crippen LogP contribution < -0.4 is 9.80 Å². The molecule has 0 radical (unpaired) electrons. The van der Waals surface area contributed by atoms with Crippen molar-refractivity contribution in [3.05, 3.63) is 184 Å². The second kappa shape index (κ2) is 34.9. The normalized spacial score (nSPS) is 22.1. The highest BCUT2D eigenvalue weighted by Gasteiger charge is 2.40. The van der Waals surface area contributed by atoms with Crippen LogP contribution in [0.3, 0.4) is 0 Å². The molecule has 3 aromatic carbocycles. The Balaban J connectivity index is 0.000000145. The van der Waals surface area contributed by atoms with Crippen molar-refractivity contribution in [2.45, 2.75) is 116 Å². The van der Waals surface area contributed by atoms with Gasteiger partial charge in [-0.15, -0.1) is 0 Å². The van der Waals surface area contributed by atoms with E-state index in [2.05, 4.69) is 115 Å². The summed E-state index contributed by atoms with van der Waals surface area (Å²) in [4.78, 5) is 41.5. The molecule has 588 valence electrons. The molecule has 7 aliphatic rings. The highest BCUT2D eigenvalue weighted by molar-refractivity contribution is 9.11. The molecule has 7 atom stereocenters. The molecule has 0 amide bonds. The van der Waals surface area contributed by atoms with Gasteiger partial charge >= 0.3 is 0 Å². The van der Waals surface area contributed by atoms with Gasteiger partial charge in [0.2, 0.25) is 0 Å². The van der Waals surface area contributed by atoms with Crippen LogP contribution in [0.5, 0.6) is 0 Å². The first-order chi connectivity index (χ1) is 51.9. The lowest BCUT2D eigenvalue weighted by Crippen LogP contribution is -2.50. The standard InChI is InChI=1S/2C26H34FN7O3S2.C19H21BrFN5O2S2.CH4/c2*1-19(20-2-4-21(27)5-3-20)34-18-28-13-23(34)15-30-6-10-33(11-7-30)39(36,37)25-14-29-26(38-25)32-9-8-31-17-24(35)12-22(31)16-32;1-14(15-2-4-16(21)5-3-15)26-13-22-10-17(26)12-24-6-8-25(9-7-24)30(27,28)18-11-23-19(20)29-18;/h2*2-5,13-14,18-19,22,24,35H,6-12,15-17H2,1H3;2-5,10-11,13-14H,6-9,12H2,1H3;1H4/t2*19-,22+,24-;14-;/m111./s1. The fraction of sp³-hybridized carbons (Fsp3) is 0.500. The predicted octanol–water partition coefficient (Wildman–Crippen LogP) is 7.69. The van der Waals surface area contributed by atoms with Gasteiger partial charge in [-0.1, -0.05) is 77.8 Å². The number of imidazole rings is 3. The Labute approximate surface area is 655 Å². The van der Waals surface area contributed by atoms with Crippen LogP contribution in [-0.4, -0.2) is 272 Å². The summed E-state index contributed by atoms with van der Waals surface area (Å²) in [7, 11) is -10.7. The molecule has 7 aliphatic heterocycles.